The Kier molecular flexibility index (Phi) is 3.58. The Morgan fingerprint density at radius 1 is 1.24 bits per heavy atom. The molecular weight excluding hydrogens is 234 g/mol. The summed E-state index contributed by atoms with van der Waals surface area (Å²) in [5, 5.41) is 5.09. The molecule has 1 aromatic carbocycles. The largest absolute Gasteiger partial charge is 0.347 e. The highest BCUT2D eigenvalue weighted by molar-refractivity contribution is 7.71. The van der Waals surface area contributed by atoms with Gasteiger partial charge in [0.15, 0.2) is 0 Å². The average Bonchev–Trinajstić information content (AvgIpc) is 2.67. The number of nitrogens with one attached hydrogen (secondary N) is 2. The van der Waals surface area contributed by atoms with Gasteiger partial charge in [-0.2, -0.15) is 0 Å². The molecule has 0 saturated heterocycles. The minimum atomic E-state index is -0.240. The van der Waals surface area contributed by atoms with E-state index in [0.29, 0.717) is 4.77 Å². The second-order valence-corrected chi connectivity index (χ2v) is 4.35. The molecule has 0 aliphatic carbocycles. The number of benzene rings is 1. The smallest absolute Gasteiger partial charge is 0.272 e. The fourth-order valence-electron chi connectivity index (χ4n) is 1.74. The minimum absolute atomic E-state index is 0.240. The van der Waals surface area contributed by atoms with Gasteiger partial charge in [-0.3, -0.25) is 5.10 Å². The maximum atomic E-state index is 11.5. The lowest BCUT2D eigenvalue weighted by Gasteiger charge is -2.03. The van der Waals surface area contributed by atoms with Crippen LogP contribution in [0.1, 0.15) is 25.3 Å². The van der Waals surface area contributed by atoms with Crippen LogP contribution in [0.4, 0.5) is 0 Å². The van der Waals surface area contributed by atoms with Gasteiger partial charge in [0, 0.05) is 0 Å². The zero-order chi connectivity index (χ0) is 12.3. The second kappa shape index (κ2) is 5.14. The van der Waals surface area contributed by atoms with Gasteiger partial charge in [0.2, 0.25) is 4.77 Å². The molecule has 2 rings (SSSR count). The van der Waals surface area contributed by atoms with E-state index in [1.165, 1.54) is 23.0 Å². The summed E-state index contributed by atoms with van der Waals surface area (Å²) < 4.78 is 1.83. The first-order valence-electron chi connectivity index (χ1n) is 5.71. The topological polar surface area (TPSA) is 53.6 Å². The summed E-state index contributed by atoms with van der Waals surface area (Å²) in [5.41, 5.74) is 1.84. The van der Waals surface area contributed by atoms with Gasteiger partial charge in [-0.05, 0) is 42.8 Å². The van der Waals surface area contributed by atoms with Gasteiger partial charge in [0.25, 0.3) is 0 Å². The number of hydrogen-bond acceptors (Lipinski definition) is 2. The van der Waals surface area contributed by atoms with Gasteiger partial charge in [0.05, 0.1) is 5.69 Å². The summed E-state index contributed by atoms with van der Waals surface area (Å²) in [5.74, 6) is 0. The second-order valence-electron chi connectivity index (χ2n) is 3.97. The quantitative estimate of drug-likeness (QED) is 0.818. The molecule has 2 aromatic rings. The van der Waals surface area contributed by atoms with Crippen molar-refractivity contribution in [3.05, 3.63) is 45.1 Å². The van der Waals surface area contributed by atoms with Crippen LogP contribution < -0.4 is 5.69 Å². The van der Waals surface area contributed by atoms with Crippen LogP contribution in [0.15, 0.2) is 29.1 Å². The first-order chi connectivity index (χ1) is 8.22. The summed E-state index contributed by atoms with van der Waals surface area (Å²) in [7, 11) is 0. The lowest BCUT2D eigenvalue weighted by molar-refractivity contribution is 0.794. The van der Waals surface area contributed by atoms with Crippen molar-refractivity contribution in [3.8, 4) is 5.69 Å². The van der Waals surface area contributed by atoms with Crippen molar-refractivity contribution in [2.75, 3.05) is 0 Å². The average molecular weight is 249 g/mol. The number of hydrogen-bond donors (Lipinski definition) is 2. The molecule has 5 heteroatoms. The molecule has 0 bridgehead atoms. The summed E-state index contributed by atoms with van der Waals surface area (Å²) in [6.07, 6.45) is 3.44. The Bertz CT molecular complexity index is 564. The van der Waals surface area contributed by atoms with Crippen LogP contribution in [0.5, 0.6) is 0 Å². The predicted molar refractivity (Wildman–Crippen MR) is 70.2 cm³/mol. The minimum Gasteiger partial charge on any atom is -0.272 e. The van der Waals surface area contributed by atoms with Crippen molar-refractivity contribution < 1.29 is 0 Å². The number of unbranched alkanes of at least 4 members (excludes halogenated alkanes) is 1. The van der Waals surface area contributed by atoms with Gasteiger partial charge in [0.1, 0.15) is 0 Å². The number of aryl methyl sites for hydroxylation is 1. The highest BCUT2D eigenvalue weighted by Gasteiger charge is 2.02. The SMILES string of the molecule is CCCCc1ccc(-n2c(=O)[nH][nH]c2=S)cc1. The Hall–Kier alpha value is -1.62. The van der Waals surface area contributed by atoms with Crippen molar-refractivity contribution in [2.45, 2.75) is 26.2 Å². The van der Waals surface area contributed by atoms with E-state index in [4.69, 9.17) is 12.2 Å². The van der Waals surface area contributed by atoms with E-state index in [0.717, 1.165) is 12.1 Å². The number of aromatic amines is 2. The van der Waals surface area contributed by atoms with E-state index < -0.39 is 0 Å². The third-order valence-electron chi connectivity index (χ3n) is 2.70. The Balaban J connectivity index is 2.30. The number of nitrogens with zero attached hydrogens (tertiary/aromatic N) is 1. The Morgan fingerprint density at radius 3 is 2.47 bits per heavy atom. The molecule has 90 valence electrons. The molecule has 0 saturated carbocycles. The lowest BCUT2D eigenvalue weighted by atomic mass is 10.1. The molecule has 0 atom stereocenters. The van der Waals surface area contributed by atoms with Crippen LogP contribution in [-0.2, 0) is 6.42 Å². The molecule has 4 nitrogen and oxygen atoms in total. The van der Waals surface area contributed by atoms with Crippen LogP contribution in [0, 0.1) is 4.77 Å². The van der Waals surface area contributed by atoms with Gasteiger partial charge < -0.3 is 0 Å². The maximum absolute atomic E-state index is 11.5. The van der Waals surface area contributed by atoms with Crippen molar-refractivity contribution in [1.29, 1.82) is 0 Å². The van der Waals surface area contributed by atoms with Gasteiger partial charge in [-0.1, -0.05) is 25.5 Å². The van der Waals surface area contributed by atoms with Gasteiger partial charge in [-0.15, -0.1) is 0 Å². The van der Waals surface area contributed by atoms with E-state index in [2.05, 4.69) is 17.1 Å². The van der Waals surface area contributed by atoms with E-state index in [9.17, 15) is 4.79 Å². The van der Waals surface area contributed by atoms with Crippen LogP contribution in [0.2, 0.25) is 0 Å². The summed E-state index contributed by atoms with van der Waals surface area (Å²) in [6, 6.07) is 7.92. The Morgan fingerprint density at radius 2 is 1.94 bits per heavy atom. The standard InChI is InChI=1S/C12H15N3OS/c1-2-3-4-9-5-7-10(8-6-9)15-11(16)13-14-12(15)17/h5-8H,2-4H2,1H3,(H,13,16)(H,14,17). The fraction of sp³-hybridized carbons (Fsp3) is 0.333. The molecule has 1 aromatic heterocycles. The summed E-state index contributed by atoms with van der Waals surface area (Å²) >= 11 is 5.03. The van der Waals surface area contributed by atoms with Gasteiger partial charge in [-0.25, -0.2) is 14.5 Å². The lowest BCUT2D eigenvalue weighted by Crippen LogP contribution is -2.14. The molecule has 1 heterocycles. The van der Waals surface area contributed by atoms with Crippen molar-refractivity contribution in [2.24, 2.45) is 0 Å². The molecule has 0 aliphatic rings. The number of rotatable bonds is 4. The Labute approximate surface area is 104 Å². The zero-order valence-corrected chi connectivity index (χ0v) is 10.5. The van der Waals surface area contributed by atoms with E-state index in [1.54, 1.807) is 0 Å². The van der Waals surface area contributed by atoms with Crippen LogP contribution >= 0.6 is 12.2 Å². The molecule has 2 N–H and O–H groups in total. The highest BCUT2D eigenvalue weighted by atomic mass is 32.1. The molecular formula is C12H15N3OS. The fourth-order valence-corrected chi connectivity index (χ4v) is 1.98. The van der Waals surface area contributed by atoms with E-state index >= 15 is 0 Å². The van der Waals surface area contributed by atoms with Crippen molar-refractivity contribution >= 4 is 12.2 Å². The van der Waals surface area contributed by atoms with Crippen LogP contribution in [-0.4, -0.2) is 14.8 Å². The molecule has 0 aliphatic heterocycles. The predicted octanol–water partition coefficient (Wildman–Crippen LogP) is 2.57. The van der Waals surface area contributed by atoms with Crippen LogP contribution in [0.3, 0.4) is 0 Å². The molecule has 0 unspecified atom stereocenters. The first-order valence-corrected chi connectivity index (χ1v) is 6.12. The monoisotopic (exact) mass is 249 g/mol. The van der Waals surface area contributed by atoms with Crippen molar-refractivity contribution in [3.63, 3.8) is 0 Å². The summed E-state index contributed by atoms with van der Waals surface area (Å²) in [6.45, 7) is 2.17. The van der Waals surface area contributed by atoms with Gasteiger partial charge >= 0.3 is 5.69 Å². The molecule has 0 fully saturated rings. The van der Waals surface area contributed by atoms with E-state index in [-0.39, 0.29) is 5.69 Å². The normalized spacial score (nSPS) is 10.6. The third-order valence-corrected chi connectivity index (χ3v) is 2.98. The van der Waals surface area contributed by atoms with Crippen molar-refractivity contribution in [1.82, 2.24) is 14.8 Å². The molecule has 17 heavy (non-hydrogen) atoms. The molecule has 0 radical (unpaired) electrons. The highest BCUT2D eigenvalue weighted by Crippen LogP contribution is 2.10. The maximum Gasteiger partial charge on any atom is 0.347 e. The molecule has 0 spiro atoms. The molecule has 0 amide bonds. The first kappa shape index (κ1) is 11.9. The van der Waals surface area contributed by atoms with Crippen LogP contribution in [0.25, 0.3) is 5.69 Å². The zero-order valence-electron chi connectivity index (χ0n) is 9.69. The number of H-pyrrole nitrogens is 2. The van der Waals surface area contributed by atoms with E-state index in [1.807, 2.05) is 24.3 Å². The third kappa shape index (κ3) is 2.55. The summed E-state index contributed by atoms with van der Waals surface area (Å²) in [4.78, 5) is 11.5. The number of aromatic nitrogens is 3.